The molecule has 1 nitrogen and oxygen atoms in total. The first-order valence-corrected chi connectivity index (χ1v) is 5.02. The summed E-state index contributed by atoms with van der Waals surface area (Å²) in [4.78, 5) is 0. The molecule has 0 bridgehead atoms. The lowest BCUT2D eigenvalue weighted by Crippen LogP contribution is -2.04. The number of benzene rings is 1. The van der Waals surface area contributed by atoms with Crippen LogP contribution in [0, 0.1) is 5.82 Å². The summed E-state index contributed by atoms with van der Waals surface area (Å²) < 4.78 is 13.2. The van der Waals surface area contributed by atoms with Crippen LogP contribution in [0.25, 0.3) is 0 Å². The summed E-state index contributed by atoms with van der Waals surface area (Å²) in [6, 6.07) is 6.79. The van der Waals surface area contributed by atoms with Gasteiger partial charge < -0.3 is 5.32 Å². The SMILES string of the molecule is Fc1ccccc1NCC1=CCCC1. The Morgan fingerprint density at radius 2 is 2.14 bits per heavy atom. The Bertz CT molecular complexity index is 344. The molecule has 0 aliphatic heterocycles. The van der Waals surface area contributed by atoms with Gasteiger partial charge >= 0.3 is 0 Å². The highest BCUT2D eigenvalue weighted by Gasteiger charge is 2.05. The normalized spacial score (nSPS) is 15.4. The van der Waals surface area contributed by atoms with Crippen LogP contribution in [0.15, 0.2) is 35.9 Å². The number of halogens is 1. The second kappa shape index (κ2) is 4.27. The van der Waals surface area contributed by atoms with Crippen molar-refractivity contribution < 1.29 is 4.39 Å². The minimum absolute atomic E-state index is 0.175. The summed E-state index contributed by atoms with van der Waals surface area (Å²) in [5, 5.41) is 3.11. The van der Waals surface area contributed by atoms with E-state index in [2.05, 4.69) is 11.4 Å². The van der Waals surface area contributed by atoms with E-state index in [-0.39, 0.29) is 5.82 Å². The first kappa shape index (κ1) is 9.25. The third kappa shape index (κ3) is 2.13. The van der Waals surface area contributed by atoms with Crippen LogP contribution >= 0.6 is 0 Å². The highest BCUT2D eigenvalue weighted by atomic mass is 19.1. The predicted molar refractivity (Wildman–Crippen MR) is 56.8 cm³/mol. The number of hydrogen-bond donors (Lipinski definition) is 1. The van der Waals surface area contributed by atoms with Gasteiger partial charge in [-0.3, -0.25) is 0 Å². The summed E-state index contributed by atoms with van der Waals surface area (Å²) in [5.74, 6) is -0.175. The van der Waals surface area contributed by atoms with Crippen molar-refractivity contribution in [2.45, 2.75) is 19.3 Å². The summed E-state index contributed by atoms with van der Waals surface area (Å²) in [6.07, 6.45) is 5.82. The molecule has 0 heterocycles. The van der Waals surface area contributed by atoms with E-state index in [1.165, 1.54) is 24.5 Å². The lowest BCUT2D eigenvalue weighted by molar-refractivity contribution is 0.630. The van der Waals surface area contributed by atoms with Gasteiger partial charge in [0.1, 0.15) is 5.82 Å². The molecule has 0 saturated carbocycles. The fourth-order valence-corrected chi connectivity index (χ4v) is 1.71. The molecule has 0 saturated heterocycles. The van der Waals surface area contributed by atoms with Crippen molar-refractivity contribution in [3.8, 4) is 0 Å². The minimum atomic E-state index is -0.175. The van der Waals surface area contributed by atoms with Gasteiger partial charge in [0.05, 0.1) is 5.69 Å². The largest absolute Gasteiger partial charge is 0.379 e. The first-order chi connectivity index (χ1) is 6.86. The second-order valence-corrected chi connectivity index (χ2v) is 3.59. The molecular weight excluding hydrogens is 177 g/mol. The molecule has 1 aliphatic carbocycles. The van der Waals surface area contributed by atoms with Gasteiger partial charge in [-0.25, -0.2) is 4.39 Å². The molecular formula is C12H14FN. The number of allylic oxidation sites excluding steroid dienone is 1. The van der Waals surface area contributed by atoms with Crippen LogP contribution < -0.4 is 5.32 Å². The molecule has 0 atom stereocenters. The molecule has 0 spiro atoms. The van der Waals surface area contributed by atoms with E-state index in [0.717, 1.165) is 13.0 Å². The Morgan fingerprint density at radius 3 is 2.86 bits per heavy atom. The number of rotatable bonds is 3. The lowest BCUT2D eigenvalue weighted by Gasteiger charge is -2.07. The van der Waals surface area contributed by atoms with Crippen LogP contribution in [0.5, 0.6) is 0 Å². The number of anilines is 1. The Hall–Kier alpha value is -1.31. The van der Waals surface area contributed by atoms with Crippen LogP contribution in [0.2, 0.25) is 0 Å². The Morgan fingerprint density at radius 1 is 1.29 bits per heavy atom. The maximum atomic E-state index is 13.2. The van der Waals surface area contributed by atoms with Gasteiger partial charge in [-0.15, -0.1) is 0 Å². The maximum Gasteiger partial charge on any atom is 0.146 e. The first-order valence-electron chi connectivity index (χ1n) is 5.02. The van der Waals surface area contributed by atoms with Crippen molar-refractivity contribution in [1.29, 1.82) is 0 Å². The Labute approximate surface area is 83.6 Å². The standard InChI is InChI=1S/C12H14FN/c13-11-7-3-4-8-12(11)14-9-10-5-1-2-6-10/h3-5,7-8,14H,1-2,6,9H2. The fraction of sp³-hybridized carbons (Fsp3) is 0.333. The van der Waals surface area contributed by atoms with E-state index in [1.54, 1.807) is 12.1 Å². The zero-order valence-electron chi connectivity index (χ0n) is 8.09. The zero-order valence-corrected chi connectivity index (χ0v) is 8.09. The number of hydrogen-bond acceptors (Lipinski definition) is 1. The van der Waals surface area contributed by atoms with Crippen LogP contribution in [0.1, 0.15) is 19.3 Å². The van der Waals surface area contributed by atoms with Gasteiger partial charge in [0.2, 0.25) is 0 Å². The van der Waals surface area contributed by atoms with Gasteiger partial charge in [-0.05, 0) is 31.4 Å². The van der Waals surface area contributed by atoms with Crippen LogP contribution in [0.3, 0.4) is 0 Å². The van der Waals surface area contributed by atoms with Crippen molar-refractivity contribution >= 4 is 5.69 Å². The maximum absolute atomic E-state index is 13.2. The minimum Gasteiger partial charge on any atom is -0.379 e. The van der Waals surface area contributed by atoms with Gasteiger partial charge in [-0.2, -0.15) is 0 Å². The molecule has 74 valence electrons. The van der Waals surface area contributed by atoms with Crippen LogP contribution in [-0.4, -0.2) is 6.54 Å². The van der Waals surface area contributed by atoms with Crippen molar-refractivity contribution in [1.82, 2.24) is 0 Å². The van der Waals surface area contributed by atoms with Crippen molar-refractivity contribution in [2.75, 3.05) is 11.9 Å². The molecule has 2 heteroatoms. The number of nitrogens with one attached hydrogen (secondary N) is 1. The summed E-state index contributed by atoms with van der Waals surface area (Å²) in [6.45, 7) is 0.779. The van der Waals surface area contributed by atoms with Crippen LogP contribution in [0.4, 0.5) is 10.1 Å². The quantitative estimate of drug-likeness (QED) is 0.722. The molecule has 0 aromatic heterocycles. The molecule has 0 radical (unpaired) electrons. The van der Waals surface area contributed by atoms with Crippen molar-refractivity contribution in [3.05, 3.63) is 41.7 Å². The molecule has 1 N–H and O–H groups in total. The molecule has 2 rings (SSSR count). The third-order valence-electron chi connectivity index (χ3n) is 2.51. The van der Waals surface area contributed by atoms with E-state index in [0.29, 0.717) is 5.69 Å². The average molecular weight is 191 g/mol. The Kier molecular flexibility index (Phi) is 2.82. The smallest absolute Gasteiger partial charge is 0.146 e. The molecule has 0 amide bonds. The summed E-state index contributed by atoms with van der Waals surface area (Å²) in [5.41, 5.74) is 1.99. The van der Waals surface area contributed by atoms with E-state index >= 15 is 0 Å². The summed E-state index contributed by atoms with van der Waals surface area (Å²) >= 11 is 0. The lowest BCUT2D eigenvalue weighted by atomic mass is 10.2. The van der Waals surface area contributed by atoms with Gasteiger partial charge in [0.15, 0.2) is 0 Å². The topological polar surface area (TPSA) is 12.0 Å². The molecule has 0 fully saturated rings. The Balaban J connectivity index is 1.94. The highest BCUT2D eigenvalue weighted by molar-refractivity contribution is 5.45. The van der Waals surface area contributed by atoms with E-state index < -0.39 is 0 Å². The molecule has 1 aromatic rings. The molecule has 14 heavy (non-hydrogen) atoms. The average Bonchev–Trinajstić information content (AvgIpc) is 2.69. The third-order valence-corrected chi connectivity index (χ3v) is 2.51. The fourth-order valence-electron chi connectivity index (χ4n) is 1.71. The summed E-state index contributed by atoms with van der Waals surface area (Å²) in [7, 11) is 0. The van der Waals surface area contributed by atoms with Gasteiger partial charge in [0, 0.05) is 6.54 Å². The van der Waals surface area contributed by atoms with Gasteiger partial charge in [-0.1, -0.05) is 23.8 Å². The van der Waals surface area contributed by atoms with E-state index in [9.17, 15) is 4.39 Å². The predicted octanol–water partition coefficient (Wildman–Crippen LogP) is 3.35. The van der Waals surface area contributed by atoms with Crippen molar-refractivity contribution in [3.63, 3.8) is 0 Å². The molecule has 1 aliphatic rings. The highest BCUT2D eigenvalue weighted by Crippen LogP contribution is 2.19. The van der Waals surface area contributed by atoms with Crippen LogP contribution in [-0.2, 0) is 0 Å². The monoisotopic (exact) mass is 191 g/mol. The molecule has 1 aromatic carbocycles. The molecule has 0 unspecified atom stereocenters. The van der Waals surface area contributed by atoms with Crippen molar-refractivity contribution in [2.24, 2.45) is 0 Å². The van der Waals surface area contributed by atoms with Gasteiger partial charge in [0.25, 0.3) is 0 Å². The van der Waals surface area contributed by atoms with E-state index in [1.807, 2.05) is 6.07 Å². The van der Waals surface area contributed by atoms with E-state index in [4.69, 9.17) is 0 Å². The zero-order chi connectivity index (χ0) is 9.80. The number of para-hydroxylation sites is 1. The second-order valence-electron chi connectivity index (χ2n) is 3.59.